The van der Waals surface area contributed by atoms with E-state index in [0.29, 0.717) is 25.1 Å². The lowest BCUT2D eigenvalue weighted by atomic mass is 10.2. The molecule has 0 unspecified atom stereocenters. The zero-order valence-electron chi connectivity index (χ0n) is 10.9. The summed E-state index contributed by atoms with van der Waals surface area (Å²) in [5.74, 6) is 0.0338. The molecule has 100 valence electrons. The summed E-state index contributed by atoms with van der Waals surface area (Å²) >= 11 is 0. The summed E-state index contributed by atoms with van der Waals surface area (Å²) in [7, 11) is 1.63. The van der Waals surface area contributed by atoms with Crippen molar-refractivity contribution < 1.29 is 14.3 Å². The maximum Gasteiger partial charge on any atom is 0.239 e. The lowest BCUT2D eigenvalue weighted by Gasteiger charge is -2.05. The van der Waals surface area contributed by atoms with Crippen LogP contribution in [0.4, 0.5) is 0 Å². The highest BCUT2D eigenvalue weighted by Crippen LogP contribution is 2.04. The standard InChI is InChI=1S/C13H20N2O3/c1-3-12(16)11-5-7-15(9-11)10-13(17)14-6-4-8-18-2/h5,7,9H,3-4,6,8,10H2,1-2H3,(H,14,17). The van der Waals surface area contributed by atoms with E-state index in [4.69, 9.17) is 4.74 Å². The first-order valence-corrected chi connectivity index (χ1v) is 6.12. The van der Waals surface area contributed by atoms with Crippen LogP contribution in [-0.2, 0) is 16.1 Å². The van der Waals surface area contributed by atoms with Crippen molar-refractivity contribution in [1.29, 1.82) is 0 Å². The number of carbonyl (C=O) groups is 2. The third kappa shape index (κ3) is 4.71. The van der Waals surface area contributed by atoms with Gasteiger partial charge < -0.3 is 14.6 Å². The highest BCUT2D eigenvalue weighted by atomic mass is 16.5. The van der Waals surface area contributed by atoms with Crippen LogP contribution in [0.5, 0.6) is 0 Å². The molecule has 0 fully saturated rings. The van der Waals surface area contributed by atoms with Crippen LogP contribution in [-0.4, -0.2) is 36.5 Å². The van der Waals surface area contributed by atoms with E-state index in [1.807, 2.05) is 6.92 Å². The Hall–Kier alpha value is -1.62. The second-order valence-corrected chi connectivity index (χ2v) is 4.05. The molecule has 1 N–H and O–H groups in total. The van der Waals surface area contributed by atoms with Gasteiger partial charge in [0.25, 0.3) is 0 Å². The van der Waals surface area contributed by atoms with Crippen LogP contribution >= 0.6 is 0 Å². The van der Waals surface area contributed by atoms with E-state index >= 15 is 0 Å². The minimum absolute atomic E-state index is 0.0581. The number of carbonyl (C=O) groups excluding carboxylic acids is 2. The van der Waals surface area contributed by atoms with Gasteiger partial charge in [0, 0.05) is 44.6 Å². The van der Waals surface area contributed by atoms with E-state index in [-0.39, 0.29) is 18.2 Å². The molecule has 1 rings (SSSR count). The first-order valence-electron chi connectivity index (χ1n) is 6.12. The Morgan fingerprint density at radius 2 is 2.22 bits per heavy atom. The molecule has 1 aromatic heterocycles. The number of ether oxygens (including phenoxy) is 1. The summed E-state index contributed by atoms with van der Waals surface area (Å²) < 4.78 is 6.61. The van der Waals surface area contributed by atoms with Crippen LogP contribution in [0.25, 0.3) is 0 Å². The third-order valence-corrected chi connectivity index (χ3v) is 2.57. The van der Waals surface area contributed by atoms with Crippen molar-refractivity contribution in [1.82, 2.24) is 9.88 Å². The van der Waals surface area contributed by atoms with Crippen LogP contribution in [0.15, 0.2) is 18.5 Å². The van der Waals surface area contributed by atoms with Gasteiger partial charge in [-0.2, -0.15) is 0 Å². The molecule has 0 aliphatic carbocycles. The van der Waals surface area contributed by atoms with Crippen molar-refractivity contribution in [3.63, 3.8) is 0 Å². The molecule has 5 nitrogen and oxygen atoms in total. The van der Waals surface area contributed by atoms with Crippen molar-refractivity contribution in [3.8, 4) is 0 Å². The topological polar surface area (TPSA) is 60.3 Å². The summed E-state index contributed by atoms with van der Waals surface area (Å²) in [4.78, 5) is 23.0. The van der Waals surface area contributed by atoms with Gasteiger partial charge in [-0.3, -0.25) is 9.59 Å². The van der Waals surface area contributed by atoms with E-state index < -0.39 is 0 Å². The number of aromatic nitrogens is 1. The Labute approximate surface area is 107 Å². The number of amides is 1. The summed E-state index contributed by atoms with van der Waals surface area (Å²) in [6, 6.07) is 1.74. The van der Waals surface area contributed by atoms with Gasteiger partial charge in [-0.15, -0.1) is 0 Å². The lowest BCUT2D eigenvalue weighted by molar-refractivity contribution is -0.121. The molecule has 1 heterocycles. The van der Waals surface area contributed by atoms with Crippen LogP contribution in [0.3, 0.4) is 0 Å². The second-order valence-electron chi connectivity index (χ2n) is 4.05. The molecule has 18 heavy (non-hydrogen) atoms. The smallest absolute Gasteiger partial charge is 0.239 e. The Morgan fingerprint density at radius 1 is 1.44 bits per heavy atom. The van der Waals surface area contributed by atoms with Crippen molar-refractivity contribution in [2.24, 2.45) is 0 Å². The molecule has 0 radical (unpaired) electrons. The fourth-order valence-electron chi connectivity index (χ4n) is 1.57. The van der Waals surface area contributed by atoms with Gasteiger partial charge in [0.2, 0.25) is 5.91 Å². The zero-order valence-corrected chi connectivity index (χ0v) is 10.9. The van der Waals surface area contributed by atoms with Gasteiger partial charge in [0.1, 0.15) is 6.54 Å². The SMILES string of the molecule is CCC(=O)c1ccn(CC(=O)NCCCOC)c1. The first kappa shape index (κ1) is 14.4. The Balaban J connectivity index is 2.35. The molecule has 0 saturated heterocycles. The summed E-state index contributed by atoms with van der Waals surface area (Å²) in [6.45, 7) is 3.31. The average Bonchev–Trinajstić information content (AvgIpc) is 2.82. The van der Waals surface area contributed by atoms with E-state index in [1.165, 1.54) is 0 Å². The molecule has 0 aliphatic rings. The van der Waals surface area contributed by atoms with Crippen molar-refractivity contribution in [2.45, 2.75) is 26.3 Å². The number of ketones is 1. The largest absolute Gasteiger partial charge is 0.385 e. The van der Waals surface area contributed by atoms with Gasteiger partial charge in [0.15, 0.2) is 5.78 Å². The van der Waals surface area contributed by atoms with Gasteiger partial charge >= 0.3 is 0 Å². The minimum atomic E-state index is -0.0581. The molecule has 0 atom stereocenters. The number of rotatable bonds is 8. The Bertz CT molecular complexity index is 399. The van der Waals surface area contributed by atoms with Gasteiger partial charge in [0.05, 0.1) is 0 Å². The van der Waals surface area contributed by atoms with Gasteiger partial charge in [-0.05, 0) is 12.5 Å². The molecule has 0 bridgehead atoms. The zero-order chi connectivity index (χ0) is 13.4. The predicted molar refractivity (Wildman–Crippen MR) is 68.6 cm³/mol. The fourth-order valence-corrected chi connectivity index (χ4v) is 1.57. The minimum Gasteiger partial charge on any atom is -0.385 e. The molecular formula is C13H20N2O3. The monoisotopic (exact) mass is 252 g/mol. The van der Waals surface area contributed by atoms with Crippen molar-refractivity contribution in [3.05, 3.63) is 24.0 Å². The van der Waals surface area contributed by atoms with Crippen LogP contribution < -0.4 is 5.32 Å². The summed E-state index contributed by atoms with van der Waals surface area (Å²) in [6.07, 6.45) is 4.74. The third-order valence-electron chi connectivity index (χ3n) is 2.57. The molecule has 0 aromatic carbocycles. The number of Topliss-reactive ketones (excluding diaryl/α,β-unsaturated/α-hetero) is 1. The quantitative estimate of drug-likeness (QED) is 0.559. The van der Waals surface area contributed by atoms with E-state index in [0.717, 1.165) is 6.42 Å². The summed E-state index contributed by atoms with van der Waals surface area (Å²) in [5.41, 5.74) is 0.657. The van der Waals surface area contributed by atoms with Crippen LogP contribution in [0, 0.1) is 0 Å². The average molecular weight is 252 g/mol. The fraction of sp³-hybridized carbons (Fsp3) is 0.538. The highest BCUT2D eigenvalue weighted by molar-refractivity contribution is 5.95. The maximum atomic E-state index is 11.6. The van der Waals surface area contributed by atoms with Crippen LogP contribution in [0.1, 0.15) is 30.1 Å². The number of nitrogens with one attached hydrogen (secondary N) is 1. The summed E-state index contributed by atoms with van der Waals surface area (Å²) in [5, 5.41) is 2.79. The first-order chi connectivity index (χ1) is 8.67. The molecule has 1 amide bonds. The molecule has 0 spiro atoms. The van der Waals surface area contributed by atoms with Crippen molar-refractivity contribution in [2.75, 3.05) is 20.3 Å². The maximum absolute atomic E-state index is 11.6. The Kier molecular flexibility index (Phi) is 6.14. The molecule has 1 aromatic rings. The van der Waals surface area contributed by atoms with Crippen molar-refractivity contribution >= 4 is 11.7 Å². The molecule has 0 saturated carbocycles. The molecule has 5 heteroatoms. The number of nitrogens with zero attached hydrogens (tertiary/aromatic N) is 1. The molecular weight excluding hydrogens is 232 g/mol. The van der Waals surface area contributed by atoms with E-state index in [9.17, 15) is 9.59 Å². The number of hydrogen-bond donors (Lipinski definition) is 1. The second kappa shape index (κ2) is 7.66. The predicted octanol–water partition coefficient (Wildman–Crippen LogP) is 1.23. The molecule has 0 aliphatic heterocycles. The normalized spacial score (nSPS) is 10.3. The van der Waals surface area contributed by atoms with Gasteiger partial charge in [-0.25, -0.2) is 0 Å². The van der Waals surface area contributed by atoms with Gasteiger partial charge in [-0.1, -0.05) is 6.92 Å². The van der Waals surface area contributed by atoms with E-state index in [1.54, 1.807) is 30.1 Å². The Morgan fingerprint density at radius 3 is 2.89 bits per heavy atom. The highest BCUT2D eigenvalue weighted by Gasteiger charge is 2.07. The lowest BCUT2D eigenvalue weighted by Crippen LogP contribution is -2.28. The number of methoxy groups -OCH3 is 1. The number of hydrogen-bond acceptors (Lipinski definition) is 3. The van der Waals surface area contributed by atoms with E-state index in [2.05, 4.69) is 5.32 Å². The van der Waals surface area contributed by atoms with Crippen LogP contribution in [0.2, 0.25) is 0 Å².